The summed E-state index contributed by atoms with van der Waals surface area (Å²) in [5, 5.41) is 0. The summed E-state index contributed by atoms with van der Waals surface area (Å²) in [6, 6.07) is 6.58. The maximum Gasteiger partial charge on any atom is 0.0164 e. The lowest BCUT2D eigenvalue weighted by atomic mass is 10.0. The zero-order valence-electron chi connectivity index (χ0n) is 7.21. The highest BCUT2D eigenvalue weighted by Crippen LogP contribution is 2.30. The second-order valence-corrected chi connectivity index (χ2v) is 3.96. The molecule has 0 aliphatic carbocycles. The van der Waals surface area contributed by atoms with E-state index >= 15 is 0 Å². The Morgan fingerprint density at radius 3 is 3.17 bits per heavy atom. The summed E-state index contributed by atoms with van der Waals surface area (Å²) < 4.78 is 0. The van der Waals surface area contributed by atoms with Crippen molar-refractivity contribution in [3.8, 4) is 0 Å². The van der Waals surface area contributed by atoms with Gasteiger partial charge in [-0.05, 0) is 23.6 Å². The Labute approximate surface area is 77.7 Å². The van der Waals surface area contributed by atoms with Crippen molar-refractivity contribution in [2.75, 3.05) is 5.75 Å². The highest BCUT2D eigenvalue weighted by atomic mass is 32.2. The Morgan fingerprint density at radius 1 is 1.42 bits per heavy atom. The van der Waals surface area contributed by atoms with Gasteiger partial charge >= 0.3 is 0 Å². The molecule has 0 aromatic heterocycles. The van der Waals surface area contributed by atoms with Crippen LogP contribution in [0, 0.1) is 0 Å². The van der Waals surface area contributed by atoms with Gasteiger partial charge in [0, 0.05) is 10.6 Å². The van der Waals surface area contributed by atoms with Gasteiger partial charge in [-0.15, -0.1) is 11.8 Å². The summed E-state index contributed by atoms with van der Waals surface area (Å²) in [7, 11) is 0. The van der Waals surface area contributed by atoms with Gasteiger partial charge in [-0.25, -0.2) is 0 Å². The van der Waals surface area contributed by atoms with Crippen molar-refractivity contribution in [1.82, 2.24) is 0 Å². The third-order valence-corrected chi connectivity index (χ3v) is 3.18. The van der Waals surface area contributed by atoms with E-state index in [9.17, 15) is 0 Å². The van der Waals surface area contributed by atoms with Crippen LogP contribution in [0.3, 0.4) is 0 Å². The number of hydrogen-bond acceptors (Lipinski definition) is 1. The van der Waals surface area contributed by atoms with Gasteiger partial charge in [0.05, 0.1) is 0 Å². The van der Waals surface area contributed by atoms with Crippen LogP contribution in [-0.2, 0) is 6.42 Å². The van der Waals surface area contributed by atoms with Crippen molar-refractivity contribution in [3.05, 3.63) is 35.4 Å². The molecule has 0 amide bonds. The fraction of sp³-hybridized carbons (Fsp3) is 0.273. The molecule has 0 nitrogen and oxygen atoms in total. The van der Waals surface area contributed by atoms with Crippen LogP contribution in [0.15, 0.2) is 29.2 Å². The molecule has 1 heterocycles. The summed E-state index contributed by atoms with van der Waals surface area (Å²) in [4.78, 5) is 1.44. The topological polar surface area (TPSA) is 0 Å². The van der Waals surface area contributed by atoms with Crippen molar-refractivity contribution in [3.63, 3.8) is 0 Å². The van der Waals surface area contributed by atoms with Gasteiger partial charge in [-0.1, -0.05) is 31.2 Å². The Bertz CT molecular complexity index is 313. The Morgan fingerprint density at radius 2 is 2.33 bits per heavy atom. The highest BCUT2D eigenvalue weighted by Gasteiger charge is 2.06. The van der Waals surface area contributed by atoms with Crippen LogP contribution in [0.1, 0.15) is 18.1 Å². The van der Waals surface area contributed by atoms with Crippen molar-refractivity contribution in [1.29, 1.82) is 0 Å². The Kier molecular flexibility index (Phi) is 2.22. The van der Waals surface area contributed by atoms with Crippen molar-refractivity contribution in [2.45, 2.75) is 18.2 Å². The zero-order chi connectivity index (χ0) is 8.39. The molecule has 0 fully saturated rings. The lowest BCUT2D eigenvalue weighted by Gasteiger charge is -2.12. The second-order valence-electron chi connectivity index (χ2n) is 2.90. The van der Waals surface area contributed by atoms with Gasteiger partial charge in [0.15, 0.2) is 0 Å². The molecule has 1 aliphatic rings. The molecule has 1 aromatic carbocycles. The van der Waals surface area contributed by atoms with E-state index in [1.807, 2.05) is 11.8 Å². The second kappa shape index (κ2) is 3.36. The molecule has 0 bridgehead atoms. The monoisotopic (exact) mass is 176 g/mol. The van der Waals surface area contributed by atoms with Crippen LogP contribution in [-0.4, -0.2) is 5.75 Å². The summed E-state index contributed by atoms with van der Waals surface area (Å²) in [6.07, 6.45) is 5.63. The smallest absolute Gasteiger partial charge is 0.0164 e. The highest BCUT2D eigenvalue weighted by molar-refractivity contribution is 7.99. The molecular formula is C11H12S. The van der Waals surface area contributed by atoms with E-state index in [1.165, 1.54) is 16.0 Å². The summed E-state index contributed by atoms with van der Waals surface area (Å²) >= 11 is 1.93. The molecule has 0 radical (unpaired) electrons. The number of hydrogen-bond donors (Lipinski definition) is 0. The van der Waals surface area contributed by atoms with Crippen LogP contribution in [0.5, 0.6) is 0 Å². The molecule has 1 aromatic rings. The number of aryl methyl sites for hydroxylation is 1. The van der Waals surface area contributed by atoms with Gasteiger partial charge in [-0.3, -0.25) is 0 Å². The summed E-state index contributed by atoms with van der Waals surface area (Å²) in [5.74, 6) is 1.13. The lowest BCUT2D eigenvalue weighted by Crippen LogP contribution is -1.92. The molecular weight excluding hydrogens is 164 g/mol. The van der Waals surface area contributed by atoms with Gasteiger partial charge in [-0.2, -0.15) is 0 Å². The molecule has 0 N–H and O–H groups in total. The zero-order valence-corrected chi connectivity index (χ0v) is 8.03. The van der Waals surface area contributed by atoms with Gasteiger partial charge in [0.1, 0.15) is 0 Å². The Hall–Kier alpha value is -0.690. The SMILES string of the molecule is CCc1cccc2c1C=CCS2. The van der Waals surface area contributed by atoms with Crippen LogP contribution in [0.4, 0.5) is 0 Å². The normalized spacial score (nSPS) is 14.4. The largest absolute Gasteiger partial charge is 0.121 e. The predicted octanol–water partition coefficient (Wildman–Crippen LogP) is 3.37. The maximum atomic E-state index is 2.25. The average molecular weight is 176 g/mol. The van der Waals surface area contributed by atoms with Gasteiger partial charge < -0.3 is 0 Å². The minimum Gasteiger partial charge on any atom is -0.121 e. The maximum absolute atomic E-state index is 2.25. The molecule has 1 heteroatoms. The molecule has 0 saturated heterocycles. The summed E-state index contributed by atoms with van der Waals surface area (Å²) in [5.41, 5.74) is 2.91. The third kappa shape index (κ3) is 1.29. The molecule has 62 valence electrons. The third-order valence-electron chi connectivity index (χ3n) is 2.16. The van der Waals surface area contributed by atoms with E-state index in [1.54, 1.807) is 0 Å². The van der Waals surface area contributed by atoms with Crippen LogP contribution in [0.2, 0.25) is 0 Å². The van der Waals surface area contributed by atoms with E-state index in [0.717, 1.165) is 12.2 Å². The van der Waals surface area contributed by atoms with E-state index in [0.29, 0.717) is 0 Å². The fourth-order valence-corrected chi connectivity index (χ4v) is 2.42. The number of fused-ring (bicyclic) bond motifs is 1. The molecule has 0 unspecified atom stereocenters. The fourth-order valence-electron chi connectivity index (χ4n) is 1.52. The number of rotatable bonds is 1. The van der Waals surface area contributed by atoms with Crippen LogP contribution < -0.4 is 0 Å². The van der Waals surface area contributed by atoms with E-state index in [-0.39, 0.29) is 0 Å². The van der Waals surface area contributed by atoms with Crippen molar-refractivity contribution >= 4 is 17.8 Å². The first-order valence-corrected chi connectivity index (χ1v) is 5.31. The average Bonchev–Trinajstić information content (AvgIpc) is 2.17. The van der Waals surface area contributed by atoms with Crippen molar-refractivity contribution in [2.24, 2.45) is 0 Å². The molecule has 12 heavy (non-hydrogen) atoms. The number of benzene rings is 1. The van der Waals surface area contributed by atoms with Gasteiger partial charge in [0.2, 0.25) is 0 Å². The van der Waals surface area contributed by atoms with Gasteiger partial charge in [0.25, 0.3) is 0 Å². The lowest BCUT2D eigenvalue weighted by molar-refractivity contribution is 1.11. The quantitative estimate of drug-likeness (QED) is 0.632. The standard InChI is InChI=1S/C11H12S/c1-2-9-5-3-7-11-10(9)6-4-8-12-11/h3-7H,2,8H2,1H3. The van der Waals surface area contributed by atoms with E-state index in [4.69, 9.17) is 0 Å². The molecule has 1 aliphatic heterocycles. The molecule has 0 saturated carbocycles. The molecule has 0 atom stereocenters. The first kappa shape index (κ1) is 7.93. The van der Waals surface area contributed by atoms with Crippen LogP contribution >= 0.6 is 11.8 Å². The van der Waals surface area contributed by atoms with Crippen molar-refractivity contribution < 1.29 is 0 Å². The van der Waals surface area contributed by atoms with E-state index < -0.39 is 0 Å². The van der Waals surface area contributed by atoms with E-state index in [2.05, 4.69) is 37.3 Å². The van der Waals surface area contributed by atoms with Crippen LogP contribution in [0.25, 0.3) is 6.08 Å². The first-order chi connectivity index (χ1) is 5.92. The summed E-state index contributed by atoms with van der Waals surface area (Å²) in [6.45, 7) is 2.21. The molecule has 2 rings (SSSR count). The Balaban J connectivity index is 2.54. The predicted molar refractivity (Wildman–Crippen MR) is 55.6 cm³/mol. The minimum atomic E-state index is 1.13. The number of thioether (sulfide) groups is 1. The first-order valence-electron chi connectivity index (χ1n) is 4.33. The molecule has 0 spiro atoms. The minimum absolute atomic E-state index is 1.13.